The number of ether oxygens (including phenoxy) is 2. The number of carbonyl (C=O) groups excluding carboxylic acids is 2. The highest BCUT2D eigenvalue weighted by atomic mass is 16.7. The van der Waals surface area contributed by atoms with Gasteiger partial charge in [-0.1, -0.05) is 36.4 Å². The van der Waals surface area contributed by atoms with Crippen molar-refractivity contribution in [3.05, 3.63) is 86.1 Å². The molecule has 0 saturated carbocycles. The van der Waals surface area contributed by atoms with E-state index < -0.39 is 29.0 Å². The third kappa shape index (κ3) is 3.83. The van der Waals surface area contributed by atoms with Gasteiger partial charge in [0.2, 0.25) is 18.6 Å². The molecule has 2 aromatic carbocycles. The van der Waals surface area contributed by atoms with Crippen molar-refractivity contribution in [3.63, 3.8) is 0 Å². The Kier molecular flexibility index (Phi) is 5.40. The smallest absolute Gasteiger partial charge is 0.332 e. The summed E-state index contributed by atoms with van der Waals surface area (Å²) in [6.45, 7) is 0.563. The summed E-state index contributed by atoms with van der Waals surface area (Å²) in [5.41, 5.74) is 0.643. The molecule has 3 heterocycles. The molecular weight excluding hydrogens is 440 g/mol. The molecule has 10 nitrogen and oxygen atoms in total. The fraction of sp³-hybridized carbons (Fsp3) is 0.250. The van der Waals surface area contributed by atoms with Crippen LogP contribution in [-0.2, 0) is 29.7 Å². The Morgan fingerprint density at radius 1 is 1.06 bits per heavy atom. The minimum absolute atomic E-state index is 0.126. The van der Waals surface area contributed by atoms with Gasteiger partial charge in [-0.25, -0.2) is 4.79 Å². The van der Waals surface area contributed by atoms with Gasteiger partial charge in [-0.3, -0.25) is 23.5 Å². The number of amides is 2. The maximum Gasteiger partial charge on any atom is 0.332 e. The SMILES string of the molecule is Cn1c(=O)c2c(n(Cc3ccccc3)c1=O)NC(=O)[C@@H]2CC(=O)NCc1ccc2c(c1)OCO2. The molecule has 0 fully saturated rings. The lowest BCUT2D eigenvalue weighted by Gasteiger charge is -2.14. The molecule has 0 aliphatic carbocycles. The topological polar surface area (TPSA) is 121 Å². The van der Waals surface area contributed by atoms with Crippen molar-refractivity contribution < 1.29 is 19.1 Å². The third-order valence-corrected chi connectivity index (χ3v) is 5.98. The minimum Gasteiger partial charge on any atom is -0.454 e. The van der Waals surface area contributed by atoms with Gasteiger partial charge in [0.15, 0.2) is 11.5 Å². The first kappa shape index (κ1) is 21.5. The molecule has 34 heavy (non-hydrogen) atoms. The van der Waals surface area contributed by atoms with E-state index >= 15 is 0 Å². The van der Waals surface area contributed by atoms with Gasteiger partial charge in [0.25, 0.3) is 5.56 Å². The van der Waals surface area contributed by atoms with Gasteiger partial charge in [-0.05, 0) is 23.3 Å². The average Bonchev–Trinajstić information content (AvgIpc) is 3.44. The Labute approximate surface area is 193 Å². The van der Waals surface area contributed by atoms with E-state index in [9.17, 15) is 19.2 Å². The van der Waals surface area contributed by atoms with Crippen LogP contribution in [0.1, 0.15) is 29.0 Å². The van der Waals surface area contributed by atoms with Crippen molar-refractivity contribution in [3.8, 4) is 11.5 Å². The van der Waals surface area contributed by atoms with Crippen LogP contribution < -0.4 is 31.4 Å². The molecule has 0 saturated heterocycles. The largest absolute Gasteiger partial charge is 0.454 e. The Bertz CT molecular complexity index is 1410. The van der Waals surface area contributed by atoms with Gasteiger partial charge in [0.05, 0.1) is 18.0 Å². The van der Waals surface area contributed by atoms with Gasteiger partial charge in [-0.15, -0.1) is 0 Å². The molecule has 0 unspecified atom stereocenters. The highest BCUT2D eigenvalue weighted by molar-refractivity contribution is 6.04. The van der Waals surface area contributed by atoms with Crippen LogP contribution in [0.3, 0.4) is 0 Å². The first-order chi connectivity index (χ1) is 16.4. The summed E-state index contributed by atoms with van der Waals surface area (Å²) >= 11 is 0. The number of hydrogen-bond donors (Lipinski definition) is 2. The van der Waals surface area contributed by atoms with E-state index in [2.05, 4.69) is 10.6 Å². The van der Waals surface area contributed by atoms with E-state index in [1.807, 2.05) is 36.4 Å². The molecule has 174 valence electrons. The maximum absolute atomic E-state index is 12.9. The predicted octanol–water partition coefficient (Wildman–Crippen LogP) is 1.07. The van der Waals surface area contributed by atoms with Crippen molar-refractivity contribution in [2.45, 2.75) is 25.4 Å². The van der Waals surface area contributed by atoms with Crippen LogP contribution >= 0.6 is 0 Å². The zero-order valence-electron chi connectivity index (χ0n) is 18.4. The number of carbonyl (C=O) groups is 2. The van der Waals surface area contributed by atoms with E-state index in [-0.39, 0.29) is 37.7 Å². The fourth-order valence-corrected chi connectivity index (χ4v) is 4.19. The molecule has 0 bridgehead atoms. The lowest BCUT2D eigenvalue weighted by Crippen LogP contribution is -2.40. The fourth-order valence-electron chi connectivity index (χ4n) is 4.19. The van der Waals surface area contributed by atoms with Crippen LogP contribution in [0.5, 0.6) is 11.5 Å². The summed E-state index contributed by atoms with van der Waals surface area (Å²) in [6, 6.07) is 14.6. The Morgan fingerprint density at radius 2 is 1.82 bits per heavy atom. The Balaban J connectivity index is 1.37. The first-order valence-corrected chi connectivity index (χ1v) is 10.8. The molecule has 10 heteroatoms. The molecule has 2 aliphatic rings. The van der Waals surface area contributed by atoms with Crippen LogP contribution in [0, 0.1) is 0 Å². The van der Waals surface area contributed by atoms with Gasteiger partial charge < -0.3 is 20.1 Å². The first-order valence-electron chi connectivity index (χ1n) is 10.8. The van der Waals surface area contributed by atoms with Crippen LogP contribution in [0.2, 0.25) is 0 Å². The van der Waals surface area contributed by atoms with Crippen molar-refractivity contribution >= 4 is 17.6 Å². The second-order valence-electron chi connectivity index (χ2n) is 8.19. The third-order valence-electron chi connectivity index (χ3n) is 5.98. The normalized spacial score (nSPS) is 15.7. The molecule has 1 aromatic heterocycles. The number of rotatable bonds is 6. The number of nitrogens with zero attached hydrogens (tertiary/aromatic N) is 2. The van der Waals surface area contributed by atoms with E-state index in [1.165, 1.54) is 11.6 Å². The van der Waals surface area contributed by atoms with Crippen LogP contribution in [0.25, 0.3) is 0 Å². The van der Waals surface area contributed by atoms with E-state index in [1.54, 1.807) is 12.1 Å². The number of benzene rings is 2. The lowest BCUT2D eigenvalue weighted by atomic mass is 9.99. The molecule has 2 aliphatic heterocycles. The van der Waals surface area contributed by atoms with Crippen LogP contribution in [-0.4, -0.2) is 27.7 Å². The zero-order chi connectivity index (χ0) is 23.8. The number of fused-ring (bicyclic) bond motifs is 2. The second kappa shape index (κ2) is 8.54. The predicted molar refractivity (Wildman–Crippen MR) is 122 cm³/mol. The number of nitrogens with one attached hydrogen (secondary N) is 2. The van der Waals surface area contributed by atoms with Crippen molar-refractivity contribution in [1.82, 2.24) is 14.5 Å². The summed E-state index contributed by atoms with van der Waals surface area (Å²) < 4.78 is 12.9. The summed E-state index contributed by atoms with van der Waals surface area (Å²) in [7, 11) is 1.37. The molecular formula is C24H22N4O6. The standard InChI is InChI=1S/C24H22N4O6/c1-27-23(31)20-16(10-19(29)25-11-15-7-8-17-18(9-15)34-13-33-17)22(30)26-21(20)28(24(27)32)12-14-5-3-2-4-6-14/h2-9,16H,10-13H2,1H3,(H,25,29)(H,26,30)/t16-/m1/s1. The quantitative estimate of drug-likeness (QED) is 0.565. The molecule has 2 N–H and O–H groups in total. The molecule has 0 radical (unpaired) electrons. The monoisotopic (exact) mass is 462 g/mol. The Hall–Kier alpha value is -4.34. The van der Waals surface area contributed by atoms with E-state index in [0.29, 0.717) is 11.5 Å². The van der Waals surface area contributed by atoms with Gasteiger partial charge in [-0.2, -0.15) is 0 Å². The lowest BCUT2D eigenvalue weighted by molar-refractivity contribution is -0.125. The van der Waals surface area contributed by atoms with Crippen molar-refractivity contribution in [2.75, 3.05) is 12.1 Å². The number of aromatic nitrogens is 2. The van der Waals surface area contributed by atoms with Gasteiger partial charge in [0, 0.05) is 20.0 Å². The van der Waals surface area contributed by atoms with Crippen molar-refractivity contribution in [2.24, 2.45) is 7.05 Å². The molecule has 2 amide bonds. The van der Waals surface area contributed by atoms with Crippen LogP contribution in [0.4, 0.5) is 5.82 Å². The Morgan fingerprint density at radius 3 is 2.62 bits per heavy atom. The summed E-state index contributed by atoms with van der Waals surface area (Å²) in [5.74, 6) is -0.475. The zero-order valence-corrected chi connectivity index (χ0v) is 18.4. The number of anilines is 1. The van der Waals surface area contributed by atoms with E-state index in [0.717, 1.165) is 15.7 Å². The molecule has 3 aromatic rings. The molecule has 1 atom stereocenters. The maximum atomic E-state index is 12.9. The van der Waals surface area contributed by atoms with E-state index in [4.69, 9.17) is 9.47 Å². The second-order valence-corrected chi connectivity index (χ2v) is 8.19. The van der Waals surface area contributed by atoms with Gasteiger partial charge >= 0.3 is 5.69 Å². The van der Waals surface area contributed by atoms with Gasteiger partial charge in [0.1, 0.15) is 5.82 Å². The molecule has 0 spiro atoms. The summed E-state index contributed by atoms with van der Waals surface area (Å²) in [6.07, 6.45) is -0.220. The highest BCUT2D eigenvalue weighted by Gasteiger charge is 2.38. The average molecular weight is 462 g/mol. The summed E-state index contributed by atoms with van der Waals surface area (Å²) in [5, 5.41) is 5.43. The highest BCUT2D eigenvalue weighted by Crippen LogP contribution is 2.33. The van der Waals surface area contributed by atoms with Crippen molar-refractivity contribution in [1.29, 1.82) is 0 Å². The molecule has 5 rings (SSSR count). The minimum atomic E-state index is -0.993. The number of hydrogen-bond acceptors (Lipinski definition) is 6. The summed E-state index contributed by atoms with van der Waals surface area (Å²) in [4.78, 5) is 51.2. The van der Waals surface area contributed by atoms with Crippen LogP contribution in [0.15, 0.2) is 58.1 Å².